The number of fused-ring (bicyclic) bond motifs is 5. The standard InChI is InChI=1S/C26H40O3/c1-4-21-23-16-12-19(24(23)22(5-2)28-21)20(13-16)25(27)29-26(6-3)17-8-14-7-15(10-17)11-18(26)9-14/h14-24H,4-13H2,1-3H3. The summed E-state index contributed by atoms with van der Waals surface area (Å²) in [5.41, 5.74) is -0.131. The van der Waals surface area contributed by atoms with Crippen molar-refractivity contribution in [3.8, 4) is 0 Å². The molecule has 0 N–H and O–H groups in total. The zero-order valence-corrected chi connectivity index (χ0v) is 18.6. The van der Waals surface area contributed by atoms with E-state index in [2.05, 4.69) is 20.8 Å². The summed E-state index contributed by atoms with van der Waals surface area (Å²) < 4.78 is 13.1. The summed E-state index contributed by atoms with van der Waals surface area (Å²) >= 11 is 0. The first-order valence-corrected chi connectivity index (χ1v) is 13.0. The predicted molar refractivity (Wildman–Crippen MR) is 112 cm³/mol. The highest BCUT2D eigenvalue weighted by molar-refractivity contribution is 5.74. The van der Waals surface area contributed by atoms with Gasteiger partial charge in [-0.05, 0) is 112 Å². The van der Waals surface area contributed by atoms with Crippen molar-refractivity contribution >= 4 is 5.97 Å². The van der Waals surface area contributed by atoms with Crippen LogP contribution in [0.5, 0.6) is 0 Å². The van der Waals surface area contributed by atoms with Gasteiger partial charge < -0.3 is 9.47 Å². The molecule has 6 bridgehead atoms. The Morgan fingerprint density at radius 3 is 2.07 bits per heavy atom. The fraction of sp³-hybridized carbons (Fsp3) is 0.962. The van der Waals surface area contributed by atoms with E-state index in [4.69, 9.17) is 9.47 Å². The van der Waals surface area contributed by atoms with Gasteiger partial charge in [-0.3, -0.25) is 4.79 Å². The summed E-state index contributed by atoms with van der Waals surface area (Å²) in [7, 11) is 0. The van der Waals surface area contributed by atoms with Crippen LogP contribution < -0.4 is 0 Å². The lowest BCUT2D eigenvalue weighted by Crippen LogP contribution is -2.60. The number of hydrogen-bond acceptors (Lipinski definition) is 3. The Balaban J connectivity index is 1.22. The minimum Gasteiger partial charge on any atom is -0.458 e. The summed E-state index contributed by atoms with van der Waals surface area (Å²) in [5.74, 6) is 5.98. The second kappa shape index (κ2) is 6.71. The van der Waals surface area contributed by atoms with E-state index in [0.717, 1.165) is 37.5 Å². The van der Waals surface area contributed by atoms with Crippen molar-refractivity contribution in [1.82, 2.24) is 0 Å². The monoisotopic (exact) mass is 400 g/mol. The Kier molecular flexibility index (Phi) is 4.43. The summed E-state index contributed by atoms with van der Waals surface area (Å²) in [6.07, 6.45) is 13.1. The molecule has 3 heteroatoms. The molecule has 0 spiro atoms. The molecule has 0 radical (unpaired) electrons. The molecule has 0 aromatic rings. The highest BCUT2D eigenvalue weighted by atomic mass is 16.6. The third-order valence-electron chi connectivity index (χ3n) is 10.8. The van der Waals surface area contributed by atoms with Gasteiger partial charge in [0.1, 0.15) is 5.60 Å². The van der Waals surface area contributed by atoms with E-state index in [1.807, 2.05) is 0 Å². The van der Waals surface area contributed by atoms with Crippen molar-refractivity contribution in [2.45, 2.75) is 103 Å². The number of carbonyl (C=O) groups excluding carboxylic acids is 1. The third-order valence-corrected chi connectivity index (χ3v) is 10.8. The minimum absolute atomic E-state index is 0.131. The summed E-state index contributed by atoms with van der Waals surface area (Å²) in [6, 6.07) is 0. The van der Waals surface area contributed by atoms with Gasteiger partial charge in [0.05, 0.1) is 18.1 Å². The molecule has 0 aromatic carbocycles. The van der Waals surface area contributed by atoms with Crippen molar-refractivity contribution in [2.75, 3.05) is 0 Å². The molecule has 6 aliphatic carbocycles. The fourth-order valence-corrected chi connectivity index (χ4v) is 10.0. The van der Waals surface area contributed by atoms with Crippen LogP contribution >= 0.6 is 0 Å². The molecule has 0 aromatic heterocycles. The largest absolute Gasteiger partial charge is 0.458 e. The maximum absolute atomic E-state index is 13.7. The minimum atomic E-state index is -0.131. The van der Waals surface area contributed by atoms with E-state index in [0.29, 0.717) is 47.7 Å². The zero-order chi connectivity index (χ0) is 19.9. The molecule has 7 atom stereocenters. The molecular formula is C26H40O3. The first-order valence-electron chi connectivity index (χ1n) is 13.0. The molecule has 7 fully saturated rings. The Bertz CT molecular complexity index is 643. The molecule has 1 saturated heterocycles. The Labute approximate surface area is 176 Å². The molecule has 7 aliphatic rings. The van der Waals surface area contributed by atoms with Crippen LogP contribution in [0.15, 0.2) is 0 Å². The average molecular weight is 401 g/mol. The maximum Gasteiger partial charge on any atom is 0.309 e. The lowest BCUT2D eigenvalue weighted by molar-refractivity contribution is -0.216. The Morgan fingerprint density at radius 2 is 1.48 bits per heavy atom. The van der Waals surface area contributed by atoms with Crippen LogP contribution in [0.1, 0.15) is 85.0 Å². The first kappa shape index (κ1) is 19.1. The fourth-order valence-electron chi connectivity index (χ4n) is 10.0. The van der Waals surface area contributed by atoms with Crippen LogP contribution in [0.4, 0.5) is 0 Å². The van der Waals surface area contributed by atoms with Crippen molar-refractivity contribution in [3.05, 3.63) is 0 Å². The van der Waals surface area contributed by atoms with Gasteiger partial charge >= 0.3 is 5.97 Å². The highest BCUT2D eigenvalue weighted by Gasteiger charge is 2.64. The van der Waals surface area contributed by atoms with Crippen molar-refractivity contribution in [2.24, 2.45) is 53.3 Å². The van der Waals surface area contributed by atoms with E-state index in [1.165, 1.54) is 38.5 Å². The smallest absolute Gasteiger partial charge is 0.309 e. The first-order chi connectivity index (χ1) is 14.1. The van der Waals surface area contributed by atoms with Gasteiger partial charge in [-0.15, -0.1) is 0 Å². The summed E-state index contributed by atoms with van der Waals surface area (Å²) in [5, 5.41) is 0. The quantitative estimate of drug-likeness (QED) is 0.563. The molecule has 6 saturated carbocycles. The molecule has 0 amide bonds. The van der Waals surface area contributed by atoms with Crippen LogP contribution in [-0.2, 0) is 14.3 Å². The number of esters is 1. The number of carbonyl (C=O) groups is 1. The molecule has 3 nitrogen and oxygen atoms in total. The highest BCUT2D eigenvalue weighted by Crippen LogP contribution is 2.64. The summed E-state index contributed by atoms with van der Waals surface area (Å²) in [6.45, 7) is 6.82. The van der Waals surface area contributed by atoms with Gasteiger partial charge in [-0.2, -0.15) is 0 Å². The summed E-state index contributed by atoms with van der Waals surface area (Å²) in [4.78, 5) is 13.7. The van der Waals surface area contributed by atoms with Crippen LogP contribution in [-0.4, -0.2) is 23.8 Å². The number of ether oxygens (including phenoxy) is 2. The van der Waals surface area contributed by atoms with Crippen LogP contribution in [0.25, 0.3) is 0 Å². The van der Waals surface area contributed by atoms with Gasteiger partial charge in [0.25, 0.3) is 0 Å². The van der Waals surface area contributed by atoms with Crippen molar-refractivity contribution in [3.63, 3.8) is 0 Å². The second-order valence-corrected chi connectivity index (χ2v) is 11.7. The zero-order valence-electron chi connectivity index (χ0n) is 18.6. The van der Waals surface area contributed by atoms with Gasteiger partial charge in [-0.25, -0.2) is 0 Å². The number of hydrogen-bond donors (Lipinski definition) is 0. The van der Waals surface area contributed by atoms with Crippen molar-refractivity contribution in [1.29, 1.82) is 0 Å². The van der Waals surface area contributed by atoms with E-state index in [-0.39, 0.29) is 17.5 Å². The molecular weight excluding hydrogens is 360 g/mol. The van der Waals surface area contributed by atoms with Gasteiger partial charge in [0, 0.05) is 0 Å². The third kappa shape index (κ3) is 2.55. The molecule has 1 aliphatic heterocycles. The van der Waals surface area contributed by atoms with E-state index >= 15 is 0 Å². The molecule has 162 valence electrons. The predicted octanol–water partition coefficient (Wildman–Crippen LogP) is 5.61. The normalized spacial score (nSPS) is 56.7. The maximum atomic E-state index is 13.7. The van der Waals surface area contributed by atoms with Crippen LogP contribution in [0, 0.1) is 53.3 Å². The topological polar surface area (TPSA) is 35.5 Å². The second-order valence-electron chi connectivity index (χ2n) is 11.7. The lowest BCUT2D eigenvalue weighted by atomic mass is 9.49. The lowest BCUT2D eigenvalue weighted by Gasteiger charge is -2.60. The number of rotatable bonds is 5. The molecule has 29 heavy (non-hydrogen) atoms. The van der Waals surface area contributed by atoms with Crippen molar-refractivity contribution < 1.29 is 14.3 Å². The molecule has 7 rings (SSSR count). The van der Waals surface area contributed by atoms with E-state index in [1.54, 1.807) is 0 Å². The van der Waals surface area contributed by atoms with E-state index < -0.39 is 0 Å². The van der Waals surface area contributed by atoms with Crippen LogP contribution in [0.2, 0.25) is 0 Å². The Hall–Kier alpha value is -0.570. The average Bonchev–Trinajstić information content (AvgIpc) is 3.40. The van der Waals surface area contributed by atoms with Gasteiger partial charge in [-0.1, -0.05) is 20.8 Å². The molecule has 7 unspecified atom stereocenters. The molecule has 1 heterocycles. The SMILES string of the molecule is CCC1OC(CC)C2C3CC(CC3C(=O)OC3(CC)C4CC5CC(C4)CC3C5)C12. The van der Waals surface area contributed by atoms with Crippen LogP contribution in [0.3, 0.4) is 0 Å². The van der Waals surface area contributed by atoms with E-state index in [9.17, 15) is 4.79 Å². The van der Waals surface area contributed by atoms with Gasteiger partial charge in [0.15, 0.2) is 0 Å². The van der Waals surface area contributed by atoms with Gasteiger partial charge in [0.2, 0.25) is 0 Å². The Morgan fingerprint density at radius 1 is 0.862 bits per heavy atom.